The van der Waals surface area contributed by atoms with Crippen molar-refractivity contribution in [2.75, 3.05) is 17.6 Å². The van der Waals surface area contributed by atoms with Crippen molar-refractivity contribution in [2.24, 2.45) is 5.41 Å². The van der Waals surface area contributed by atoms with Crippen LogP contribution in [0.15, 0.2) is 18.2 Å². The Bertz CT molecular complexity index is 334. The van der Waals surface area contributed by atoms with Gasteiger partial charge in [-0.05, 0) is 24.0 Å². The van der Waals surface area contributed by atoms with E-state index in [0.29, 0.717) is 10.7 Å². The Morgan fingerprint density at radius 2 is 2.07 bits per heavy atom. The molecule has 0 aliphatic rings. The van der Waals surface area contributed by atoms with Crippen LogP contribution < -0.4 is 11.1 Å². The Kier molecular flexibility index (Phi) is 3.86. The number of hydrogen-bond acceptors (Lipinski definition) is 2. The summed E-state index contributed by atoms with van der Waals surface area (Å²) in [6, 6.07) is 5.65. The van der Waals surface area contributed by atoms with Crippen molar-refractivity contribution in [2.45, 2.75) is 27.2 Å². The van der Waals surface area contributed by atoms with E-state index in [1.165, 1.54) is 0 Å². The molecule has 0 unspecified atom stereocenters. The highest BCUT2D eigenvalue weighted by Gasteiger charge is 2.15. The number of anilines is 2. The summed E-state index contributed by atoms with van der Waals surface area (Å²) in [5.74, 6) is 0. The highest BCUT2D eigenvalue weighted by Crippen LogP contribution is 2.28. The Labute approximate surface area is 96.8 Å². The molecule has 2 nitrogen and oxygen atoms in total. The van der Waals surface area contributed by atoms with Gasteiger partial charge in [0.1, 0.15) is 0 Å². The Morgan fingerprint density at radius 1 is 1.40 bits per heavy atom. The zero-order chi connectivity index (χ0) is 11.5. The Balaban J connectivity index is 2.70. The lowest BCUT2D eigenvalue weighted by Crippen LogP contribution is -2.22. The predicted molar refractivity (Wildman–Crippen MR) is 68.4 cm³/mol. The molecule has 0 bridgehead atoms. The lowest BCUT2D eigenvalue weighted by atomic mass is 9.90. The standard InChI is InChI=1S/C12H19ClN2/c1-4-12(2,3)8-15-10-7-5-6-9(13)11(10)14/h5-7,15H,4,8,14H2,1-3H3. The Morgan fingerprint density at radius 3 is 2.67 bits per heavy atom. The molecule has 0 radical (unpaired) electrons. The SMILES string of the molecule is CCC(C)(C)CNc1cccc(Cl)c1N. The predicted octanol–water partition coefficient (Wildman–Crippen LogP) is 3.77. The molecule has 1 rings (SSSR count). The second-order valence-corrected chi connectivity index (χ2v) is 4.98. The van der Waals surface area contributed by atoms with Crippen LogP contribution in [-0.2, 0) is 0 Å². The van der Waals surface area contributed by atoms with Gasteiger partial charge in [-0.15, -0.1) is 0 Å². The summed E-state index contributed by atoms with van der Waals surface area (Å²) in [6.45, 7) is 7.53. The Hall–Kier alpha value is -0.890. The van der Waals surface area contributed by atoms with E-state index < -0.39 is 0 Å². The van der Waals surface area contributed by atoms with Crippen molar-refractivity contribution in [3.05, 3.63) is 23.2 Å². The van der Waals surface area contributed by atoms with Gasteiger partial charge in [0, 0.05) is 6.54 Å². The number of nitrogen functional groups attached to an aromatic ring is 1. The van der Waals surface area contributed by atoms with Crippen molar-refractivity contribution in [3.63, 3.8) is 0 Å². The average Bonchev–Trinajstić information content (AvgIpc) is 2.20. The average molecular weight is 227 g/mol. The fourth-order valence-corrected chi connectivity index (χ4v) is 1.33. The molecule has 15 heavy (non-hydrogen) atoms. The molecule has 84 valence electrons. The topological polar surface area (TPSA) is 38.0 Å². The molecule has 3 heteroatoms. The first kappa shape index (κ1) is 12.2. The van der Waals surface area contributed by atoms with Crippen LogP contribution in [0.5, 0.6) is 0 Å². The van der Waals surface area contributed by atoms with Gasteiger partial charge in [0.2, 0.25) is 0 Å². The molecule has 3 N–H and O–H groups in total. The van der Waals surface area contributed by atoms with Gasteiger partial charge in [0.15, 0.2) is 0 Å². The first-order chi connectivity index (χ1) is 6.96. The molecule has 0 heterocycles. The van der Waals surface area contributed by atoms with Crippen molar-refractivity contribution in [1.82, 2.24) is 0 Å². The zero-order valence-electron chi connectivity index (χ0n) is 9.60. The molecule has 0 fully saturated rings. The smallest absolute Gasteiger partial charge is 0.0739 e. The molecule has 1 aromatic rings. The minimum Gasteiger partial charge on any atom is -0.396 e. The first-order valence-electron chi connectivity index (χ1n) is 5.24. The normalized spacial score (nSPS) is 11.5. The van der Waals surface area contributed by atoms with E-state index in [1.54, 1.807) is 6.07 Å². The molecule has 0 amide bonds. The van der Waals surface area contributed by atoms with Crippen molar-refractivity contribution < 1.29 is 0 Å². The molecule has 0 aliphatic heterocycles. The highest BCUT2D eigenvalue weighted by molar-refractivity contribution is 6.33. The third-order valence-corrected chi connectivity index (χ3v) is 3.10. The number of para-hydroxylation sites is 1. The molecule has 0 aliphatic carbocycles. The van der Waals surface area contributed by atoms with Crippen LogP contribution in [-0.4, -0.2) is 6.54 Å². The fourth-order valence-electron chi connectivity index (χ4n) is 1.15. The van der Waals surface area contributed by atoms with Gasteiger partial charge in [-0.2, -0.15) is 0 Å². The van der Waals surface area contributed by atoms with Gasteiger partial charge in [-0.1, -0.05) is 38.4 Å². The molecular formula is C12H19ClN2. The van der Waals surface area contributed by atoms with Gasteiger partial charge in [-0.3, -0.25) is 0 Å². The summed E-state index contributed by atoms with van der Waals surface area (Å²) in [5.41, 5.74) is 7.68. The lowest BCUT2D eigenvalue weighted by Gasteiger charge is -2.24. The minimum absolute atomic E-state index is 0.273. The third-order valence-electron chi connectivity index (χ3n) is 2.77. The van der Waals surface area contributed by atoms with Gasteiger partial charge in [0.05, 0.1) is 16.4 Å². The van der Waals surface area contributed by atoms with Crippen molar-refractivity contribution in [1.29, 1.82) is 0 Å². The van der Waals surface area contributed by atoms with E-state index in [-0.39, 0.29) is 5.41 Å². The van der Waals surface area contributed by atoms with E-state index in [1.807, 2.05) is 12.1 Å². The number of hydrogen-bond donors (Lipinski definition) is 2. The quantitative estimate of drug-likeness (QED) is 0.767. The monoisotopic (exact) mass is 226 g/mol. The van der Waals surface area contributed by atoms with E-state index >= 15 is 0 Å². The molecule has 0 aromatic heterocycles. The molecule has 0 saturated heterocycles. The summed E-state index contributed by atoms with van der Waals surface area (Å²) in [7, 11) is 0. The summed E-state index contributed by atoms with van der Waals surface area (Å²) in [6.07, 6.45) is 1.13. The van der Waals surface area contributed by atoms with E-state index in [2.05, 4.69) is 26.1 Å². The first-order valence-corrected chi connectivity index (χ1v) is 5.62. The molecule has 1 aromatic carbocycles. The van der Waals surface area contributed by atoms with E-state index in [4.69, 9.17) is 17.3 Å². The maximum Gasteiger partial charge on any atom is 0.0739 e. The van der Waals surface area contributed by atoms with Gasteiger partial charge in [-0.25, -0.2) is 0 Å². The largest absolute Gasteiger partial charge is 0.396 e. The summed E-state index contributed by atoms with van der Waals surface area (Å²) >= 11 is 5.93. The molecule has 0 spiro atoms. The summed E-state index contributed by atoms with van der Waals surface area (Å²) in [5, 5.41) is 3.94. The fraction of sp³-hybridized carbons (Fsp3) is 0.500. The molecule has 0 atom stereocenters. The van der Waals surface area contributed by atoms with Crippen LogP contribution in [0, 0.1) is 5.41 Å². The molecule has 0 saturated carbocycles. The number of rotatable bonds is 4. The maximum absolute atomic E-state index is 5.93. The van der Waals surface area contributed by atoms with Crippen molar-refractivity contribution >= 4 is 23.0 Å². The maximum atomic E-state index is 5.93. The molecular weight excluding hydrogens is 208 g/mol. The second-order valence-electron chi connectivity index (χ2n) is 4.57. The zero-order valence-corrected chi connectivity index (χ0v) is 10.4. The van der Waals surface area contributed by atoms with Crippen LogP contribution in [0.25, 0.3) is 0 Å². The highest BCUT2D eigenvalue weighted by atomic mass is 35.5. The number of nitrogens with one attached hydrogen (secondary N) is 1. The van der Waals surface area contributed by atoms with Gasteiger partial charge < -0.3 is 11.1 Å². The van der Waals surface area contributed by atoms with E-state index in [0.717, 1.165) is 18.7 Å². The van der Waals surface area contributed by atoms with Crippen LogP contribution in [0.4, 0.5) is 11.4 Å². The van der Waals surface area contributed by atoms with Crippen LogP contribution >= 0.6 is 11.6 Å². The van der Waals surface area contributed by atoms with Crippen LogP contribution in [0.2, 0.25) is 5.02 Å². The van der Waals surface area contributed by atoms with E-state index in [9.17, 15) is 0 Å². The lowest BCUT2D eigenvalue weighted by molar-refractivity contribution is 0.377. The third kappa shape index (κ3) is 3.31. The number of halogens is 1. The van der Waals surface area contributed by atoms with Gasteiger partial charge in [0.25, 0.3) is 0 Å². The minimum atomic E-state index is 0.273. The second kappa shape index (κ2) is 4.75. The van der Waals surface area contributed by atoms with Crippen LogP contribution in [0.3, 0.4) is 0 Å². The number of benzene rings is 1. The van der Waals surface area contributed by atoms with Gasteiger partial charge >= 0.3 is 0 Å². The summed E-state index contributed by atoms with van der Waals surface area (Å²) < 4.78 is 0. The van der Waals surface area contributed by atoms with Crippen LogP contribution in [0.1, 0.15) is 27.2 Å². The van der Waals surface area contributed by atoms with Crippen molar-refractivity contribution in [3.8, 4) is 0 Å². The number of nitrogens with two attached hydrogens (primary N) is 1. The summed E-state index contributed by atoms with van der Waals surface area (Å²) in [4.78, 5) is 0.